The standard InChI is InChI=1S/C22H20ClNO3/c1-2-20(27-18-12-8-9-16(23)15-18)22(25)24-19-13-6-7-14-21(19)26-17-10-4-3-5-11-17/h3-15,20H,2H2,1H3,(H,24,25). The molecule has 0 saturated carbocycles. The van der Waals surface area contributed by atoms with Gasteiger partial charge >= 0.3 is 0 Å². The summed E-state index contributed by atoms with van der Waals surface area (Å²) < 4.78 is 11.7. The zero-order valence-corrected chi connectivity index (χ0v) is 15.6. The maximum Gasteiger partial charge on any atom is 0.265 e. The highest BCUT2D eigenvalue weighted by Gasteiger charge is 2.20. The molecule has 0 heterocycles. The van der Waals surface area contributed by atoms with E-state index < -0.39 is 6.10 Å². The first kappa shape index (κ1) is 18.8. The normalized spacial score (nSPS) is 11.5. The molecule has 0 aliphatic heterocycles. The highest BCUT2D eigenvalue weighted by molar-refractivity contribution is 6.30. The summed E-state index contributed by atoms with van der Waals surface area (Å²) in [7, 11) is 0. The average Bonchev–Trinajstić information content (AvgIpc) is 2.68. The molecule has 4 nitrogen and oxygen atoms in total. The van der Waals surface area contributed by atoms with E-state index in [9.17, 15) is 4.79 Å². The van der Waals surface area contributed by atoms with Crippen LogP contribution in [0.15, 0.2) is 78.9 Å². The van der Waals surface area contributed by atoms with Gasteiger partial charge < -0.3 is 14.8 Å². The fourth-order valence-corrected chi connectivity index (χ4v) is 2.69. The average molecular weight is 382 g/mol. The number of amides is 1. The SMILES string of the molecule is CCC(Oc1cccc(Cl)c1)C(=O)Nc1ccccc1Oc1ccccc1. The summed E-state index contributed by atoms with van der Waals surface area (Å²) in [6, 6.07) is 23.7. The first-order chi connectivity index (χ1) is 13.2. The van der Waals surface area contributed by atoms with Gasteiger partial charge in [0.2, 0.25) is 0 Å². The van der Waals surface area contributed by atoms with Crippen molar-refractivity contribution in [2.45, 2.75) is 19.4 Å². The number of hydrogen-bond acceptors (Lipinski definition) is 3. The van der Waals surface area contributed by atoms with Gasteiger partial charge in [0.1, 0.15) is 11.5 Å². The molecule has 0 aliphatic rings. The van der Waals surface area contributed by atoms with Crippen molar-refractivity contribution < 1.29 is 14.3 Å². The molecule has 3 rings (SSSR count). The maximum atomic E-state index is 12.7. The first-order valence-electron chi connectivity index (χ1n) is 8.70. The van der Waals surface area contributed by atoms with E-state index in [1.54, 1.807) is 36.4 Å². The van der Waals surface area contributed by atoms with Gasteiger partial charge in [0.05, 0.1) is 5.69 Å². The van der Waals surface area contributed by atoms with Crippen LogP contribution in [0.25, 0.3) is 0 Å². The third-order valence-electron chi connectivity index (χ3n) is 3.85. The molecule has 3 aromatic carbocycles. The van der Waals surface area contributed by atoms with Crippen molar-refractivity contribution >= 4 is 23.2 Å². The summed E-state index contributed by atoms with van der Waals surface area (Å²) >= 11 is 5.98. The fraction of sp³-hybridized carbons (Fsp3) is 0.136. The van der Waals surface area contributed by atoms with Crippen LogP contribution in [-0.4, -0.2) is 12.0 Å². The summed E-state index contributed by atoms with van der Waals surface area (Å²) in [5, 5.41) is 3.45. The van der Waals surface area contributed by atoms with Crippen LogP contribution in [0.5, 0.6) is 17.2 Å². The van der Waals surface area contributed by atoms with E-state index in [4.69, 9.17) is 21.1 Å². The molecule has 0 aliphatic carbocycles. The smallest absolute Gasteiger partial charge is 0.265 e. The Bertz CT molecular complexity index is 899. The van der Waals surface area contributed by atoms with Crippen LogP contribution >= 0.6 is 11.6 Å². The Kier molecular flexibility index (Phi) is 6.34. The van der Waals surface area contributed by atoms with Crippen molar-refractivity contribution in [2.75, 3.05) is 5.32 Å². The quantitative estimate of drug-likeness (QED) is 0.551. The van der Waals surface area contributed by atoms with Gasteiger partial charge in [-0.05, 0) is 48.9 Å². The molecule has 1 unspecified atom stereocenters. The number of rotatable bonds is 7. The Morgan fingerprint density at radius 2 is 1.67 bits per heavy atom. The number of halogens is 1. The van der Waals surface area contributed by atoms with Crippen LogP contribution in [0.2, 0.25) is 5.02 Å². The van der Waals surface area contributed by atoms with Gasteiger partial charge in [0, 0.05) is 5.02 Å². The van der Waals surface area contributed by atoms with E-state index in [1.165, 1.54) is 0 Å². The van der Waals surface area contributed by atoms with Crippen LogP contribution in [0.1, 0.15) is 13.3 Å². The molecular weight excluding hydrogens is 362 g/mol. The molecule has 0 saturated heterocycles. The monoisotopic (exact) mass is 381 g/mol. The molecule has 0 aromatic heterocycles. The zero-order valence-electron chi connectivity index (χ0n) is 14.9. The van der Waals surface area contributed by atoms with Crippen LogP contribution < -0.4 is 14.8 Å². The minimum atomic E-state index is -0.645. The lowest BCUT2D eigenvalue weighted by atomic mass is 10.2. The number of carbonyl (C=O) groups excluding carboxylic acids is 1. The third kappa shape index (κ3) is 5.25. The summed E-state index contributed by atoms with van der Waals surface area (Å²) in [5.41, 5.74) is 0.583. The van der Waals surface area contributed by atoms with Crippen molar-refractivity contribution in [1.82, 2.24) is 0 Å². The molecule has 1 N–H and O–H groups in total. The summed E-state index contributed by atoms with van der Waals surface area (Å²) in [4.78, 5) is 12.7. The van der Waals surface area contributed by atoms with E-state index in [-0.39, 0.29) is 5.91 Å². The van der Waals surface area contributed by atoms with Gasteiger partial charge in [-0.25, -0.2) is 0 Å². The molecule has 0 fully saturated rings. The van der Waals surface area contributed by atoms with Gasteiger partial charge in [0.25, 0.3) is 5.91 Å². The molecule has 5 heteroatoms. The lowest BCUT2D eigenvalue weighted by Gasteiger charge is -2.18. The topological polar surface area (TPSA) is 47.6 Å². The number of nitrogens with one attached hydrogen (secondary N) is 1. The molecule has 0 radical (unpaired) electrons. The van der Waals surface area contributed by atoms with E-state index in [0.29, 0.717) is 34.4 Å². The maximum absolute atomic E-state index is 12.7. The Morgan fingerprint density at radius 3 is 2.41 bits per heavy atom. The third-order valence-corrected chi connectivity index (χ3v) is 4.09. The van der Waals surface area contributed by atoms with Crippen molar-refractivity contribution in [3.63, 3.8) is 0 Å². The predicted molar refractivity (Wildman–Crippen MR) is 108 cm³/mol. The van der Waals surface area contributed by atoms with Gasteiger partial charge in [-0.15, -0.1) is 0 Å². The highest BCUT2D eigenvalue weighted by Crippen LogP contribution is 2.29. The van der Waals surface area contributed by atoms with Crippen LogP contribution in [0.4, 0.5) is 5.69 Å². The number of carbonyl (C=O) groups is 1. The largest absolute Gasteiger partial charge is 0.481 e. The van der Waals surface area contributed by atoms with E-state index in [1.807, 2.05) is 49.4 Å². The Morgan fingerprint density at radius 1 is 0.963 bits per heavy atom. The van der Waals surface area contributed by atoms with Gasteiger partial charge in [0.15, 0.2) is 11.9 Å². The highest BCUT2D eigenvalue weighted by atomic mass is 35.5. The second-order valence-electron chi connectivity index (χ2n) is 5.87. The number of para-hydroxylation sites is 3. The summed E-state index contributed by atoms with van der Waals surface area (Å²) in [6.45, 7) is 1.89. The van der Waals surface area contributed by atoms with Crippen molar-refractivity contribution in [1.29, 1.82) is 0 Å². The number of hydrogen-bond donors (Lipinski definition) is 1. The zero-order chi connectivity index (χ0) is 19.1. The van der Waals surface area contributed by atoms with E-state index >= 15 is 0 Å². The predicted octanol–water partition coefficient (Wildman–Crippen LogP) is 5.93. The minimum Gasteiger partial charge on any atom is -0.481 e. The summed E-state index contributed by atoms with van der Waals surface area (Å²) in [6.07, 6.45) is -0.131. The molecule has 0 bridgehead atoms. The lowest BCUT2D eigenvalue weighted by molar-refractivity contribution is -0.122. The minimum absolute atomic E-state index is 0.249. The Balaban J connectivity index is 1.72. The molecule has 3 aromatic rings. The van der Waals surface area contributed by atoms with Crippen LogP contribution in [0.3, 0.4) is 0 Å². The second kappa shape index (κ2) is 9.10. The van der Waals surface area contributed by atoms with Gasteiger partial charge in [-0.2, -0.15) is 0 Å². The van der Waals surface area contributed by atoms with Gasteiger partial charge in [-0.1, -0.05) is 54.9 Å². The molecule has 0 spiro atoms. The fourth-order valence-electron chi connectivity index (χ4n) is 2.51. The molecule has 27 heavy (non-hydrogen) atoms. The number of benzene rings is 3. The lowest BCUT2D eigenvalue weighted by Crippen LogP contribution is -2.32. The van der Waals surface area contributed by atoms with E-state index in [2.05, 4.69) is 5.32 Å². The van der Waals surface area contributed by atoms with E-state index in [0.717, 1.165) is 0 Å². The Labute approximate surface area is 163 Å². The molecular formula is C22H20ClNO3. The Hall–Kier alpha value is -2.98. The van der Waals surface area contributed by atoms with Crippen molar-refractivity contribution in [2.24, 2.45) is 0 Å². The molecule has 1 atom stereocenters. The van der Waals surface area contributed by atoms with Crippen molar-refractivity contribution in [3.05, 3.63) is 83.9 Å². The number of anilines is 1. The molecule has 1 amide bonds. The van der Waals surface area contributed by atoms with Gasteiger partial charge in [-0.3, -0.25) is 4.79 Å². The second-order valence-corrected chi connectivity index (χ2v) is 6.31. The van der Waals surface area contributed by atoms with Crippen molar-refractivity contribution in [3.8, 4) is 17.2 Å². The summed E-state index contributed by atoms with van der Waals surface area (Å²) in [5.74, 6) is 1.57. The molecule has 138 valence electrons. The number of ether oxygens (including phenoxy) is 2. The van der Waals surface area contributed by atoms with Crippen LogP contribution in [0, 0.1) is 0 Å². The first-order valence-corrected chi connectivity index (χ1v) is 9.08. The van der Waals surface area contributed by atoms with Crippen LogP contribution in [-0.2, 0) is 4.79 Å².